The van der Waals surface area contributed by atoms with E-state index in [4.69, 9.17) is 16.3 Å². The minimum Gasteiger partial charge on any atom is -0.492 e. The van der Waals surface area contributed by atoms with E-state index in [1.807, 2.05) is 41.3 Å². The van der Waals surface area contributed by atoms with Crippen molar-refractivity contribution in [3.8, 4) is 5.75 Å². The van der Waals surface area contributed by atoms with E-state index in [0.717, 1.165) is 50.5 Å². The first kappa shape index (κ1) is 26.2. The first-order valence-electron chi connectivity index (χ1n) is 12.6. The lowest BCUT2D eigenvalue weighted by atomic mass is 10.1. The number of ether oxygens (including phenoxy) is 1. The van der Waals surface area contributed by atoms with Crippen molar-refractivity contribution >= 4 is 29.5 Å². The van der Waals surface area contributed by atoms with Gasteiger partial charge in [-0.3, -0.25) is 14.5 Å². The van der Waals surface area contributed by atoms with E-state index in [-0.39, 0.29) is 17.9 Å². The van der Waals surface area contributed by atoms with Crippen molar-refractivity contribution < 1.29 is 14.3 Å². The first-order chi connectivity index (χ1) is 17.5. The SMILES string of the molecule is CN(Cc1cccc(OCCN2CCN(C(=O)C=Cc3ccccc3Cl)CC2)c1)CC1CCC(=O)N1. The number of hydrogen-bond donors (Lipinski definition) is 1. The average molecular weight is 511 g/mol. The predicted molar refractivity (Wildman–Crippen MR) is 143 cm³/mol. The van der Waals surface area contributed by atoms with Gasteiger partial charge in [0.05, 0.1) is 0 Å². The summed E-state index contributed by atoms with van der Waals surface area (Å²) in [6.45, 7) is 6.15. The maximum Gasteiger partial charge on any atom is 0.246 e. The van der Waals surface area contributed by atoms with Crippen LogP contribution in [0.15, 0.2) is 54.6 Å². The molecule has 0 aromatic heterocycles. The molecule has 2 aliphatic rings. The Morgan fingerprint density at radius 2 is 1.97 bits per heavy atom. The molecule has 0 aliphatic carbocycles. The van der Waals surface area contributed by atoms with E-state index >= 15 is 0 Å². The number of piperazine rings is 1. The molecule has 1 atom stereocenters. The fourth-order valence-electron chi connectivity index (χ4n) is 4.66. The summed E-state index contributed by atoms with van der Waals surface area (Å²) in [6, 6.07) is 16.0. The second-order valence-electron chi connectivity index (χ2n) is 9.52. The molecule has 2 aromatic rings. The minimum atomic E-state index is 0.0166. The van der Waals surface area contributed by atoms with Crippen LogP contribution >= 0.6 is 11.6 Å². The highest BCUT2D eigenvalue weighted by Gasteiger charge is 2.22. The zero-order chi connectivity index (χ0) is 25.3. The Morgan fingerprint density at radius 3 is 2.72 bits per heavy atom. The lowest BCUT2D eigenvalue weighted by Crippen LogP contribution is -2.49. The molecule has 7 nitrogen and oxygen atoms in total. The van der Waals surface area contributed by atoms with Crippen molar-refractivity contribution in [2.24, 2.45) is 0 Å². The molecule has 1 unspecified atom stereocenters. The highest BCUT2D eigenvalue weighted by Crippen LogP contribution is 2.18. The first-order valence-corrected chi connectivity index (χ1v) is 13.0. The fraction of sp³-hybridized carbons (Fsp3) is 0.429. The van der Waals surface area contributed by atoms with E-state index in [2.05, 4.69) is 34.3 Å². The Kier molecular flexibility index (Phi) is 9.39. The molecule has 36 heavy (non-hydrogen) atoms. The summed E-state index contributed by atoms with van der Waals surface area (Å²) in [6.07, 6.45) is 4.93. The monoisotopic (exact) mass is 510 g/mol. The van der Waals surface area contributed by atoms with Crippen LogP contribution in [0.4, 0.5) is 0 Å². The molecule has 0 spiro atoms. The van der Waals surface area contributed by atoms with Crippen molar-refractivity contribution in [3.63, 3.8) is 0 Å². The van der Waals surface area contributed by atoms with Gasteiger partial charge in [0.1, 0.15) is 12.4 Å². The smallest absolute Gasteiger partial charge is 0.246 e. The van der Waals surface area contributed by atoms with Crippen LogP contribution in [0.2, 0.25) is 5.02 Å². The van der Waals surface area contributed by atoms with Crippen molar-refractivity contribution in [1.29, 1.82) is 0 Å². The summed E-state index contributed by atoms with van der Waals surface area (Å²) in [5.41, 5.74) is 2.04. The molecule has 192 valence electrons. The van der Waals surface area contributed by atoms with Crippen molar-refractivity contribution in [2.45, 2.75) is 25.4 Å². The summed E-state index contributed by atoms with van der Waals surface area (Å²) >= 11 is 6.16. The number of rotatable bonds is 10. The molecule has 2 amide bonds. The number of nitrogens with one attached hydrogen (secondary N) is 1. The van der Waals surface area contributed by atoms with Gasteiger partial charge in [0.15, 0.2) is 0 Å². The molecule has 0 bridgehead atoms. The number of nitrogens with zero attached hydrogens (tertiary/aromatic N) is 3. The molecular weight excluding hydrogens is 476 g/mol. The molecule has 0 saturated carbocycles. The van der Waals surface area contributed by atoms with Crippen molar-refractivity contribution in [2.75, 3.05) is 52.9 Å². The normalized spacial score (nSPS) is 18.7. The summed E-state index contributed by atoms with van der Waals surface area (Å²) in [5.74, 6) is 1.04. The number of hydrogen-bond acceptors (Lipinski definition) is 5. The Morgan fingerprint density at radius 1 is 1.17 bits per heavy atom. The van der Waals surface area contributed by atoms with Crippen LogP contribution in [0.5, 0.6) is 5.75 Å². The molecule has 2 aliphatic heterocycles. The van der Waals surface area contributed by atoms with E-state index < -0.39 is 0 Å². The van der Waals surface area contributed by atoms with E-state index in [1.54, 1.807) is 12.2 Å². The number of carbonyl (C=O) groups excluding carboxylic acids is 2. The summed E-state index contributed by atoms with van der Waals surface area (Å²) in [4.78, 5) is 30.4. The van der Waals surface area contributed by atoms with Crippen LogP contribution in [0.3, 0.4) is 0 Å². The quantitative estimate of drug-likeness (QED) is 0.497. The van der Waals surface area contributed by atoms with Gasteiger partial charge in [-0.25, -0.2) is 0 Å². The molecule has 2 aromatic carbocycles. The van der Waals surface area contributed by atoms with Gasteiger partial charge in [-0.05, 0) is 48.9 Å². The third-order valence-corrected chi connectivity index (χ3v) is 6.98. The fourth-order valence-corrected chi connectivity index (χ4v) is 4.86. The topological polar surface area (TPSA) is 65.1 Å². The van der Waals surface area contributed by atoms with Gasteiger partial charge in [-0.1, -0.05) is 41.9 Å². The van der Waals surface area contributed by atoms with Gasteiger partial charge in [-0.2, -0.15) is 0 Å². The second kappa shape index (κ2) is 12.9. The zero-order valence-corrected chi connectivity index (χ0v) is 21.6. The maximum atomic E-state index is 12.5. The van der Waals surface area contributed by atoms with Crippen LogP contribution in [0.1, 0.15) is 24.0 Å². The molecule has 2 fully saturated rings. The summed E-state index contributed by atoms with van der Waals surface area (Å²) in [5, 5.41) is 3.67. The van der Waals surface area contributed by atoms with E-state index in [1.165, 1.54) is 5.56 Å². The van der Waals surface area contributed by atoms with Crippen LogP contribution in [0, 0.1) is 0 Å². The Hall–Kier alpha value is -2.87. The minimum absolute atomic E-state index is 0.0166. The summed E-state index contributed by atoms with van der Waals surface area (Å²) in [7, 11) is 2.08. The molecule has 0 radical (unpaired) electrons. The molecule has 2 heterocycles. The standard InChI is InChI=1S/C28H35ClN4O3/c1-31(21-24-10-11-27(34)30-24)20-22-5-4-7-25(19-22)36-18-17-32-13-15-33(16-14-32)28(35)12-9-23-6-2-3-8-26(23)29/h2-9,12,19,24H,10-11,13-18,20-21H2,1H3,(H,30,34). The largest absolute Gasteiger partial charge is 0.492 e. The lowest BCUT2D eigenvalue weighted by molar-refractivity contribution is -0.127. The number of carbonyl (C=O) groups is 2. The Labute approximate surface area is 218 Å². The van der Waals surface area contributed by atoms with Gasteiger partial charge in [0.25, 0.3) is 0 Å². The molecular formula is C28H35ClN4O3. The van der Waals surface area contributed by atoms with Gasteiger partial charge in [0, 0.05) is 69.4 Å². The highest BCUT2D eigenvalue weighted by molar-refractivity contribution is 6.32. The third-order valence-electron chi connectivity index (χ3n) is 6.64. The van der Waals surface area contributed by atoms with Crippen molar-refractivity contribution in [3.05, 3.63) is 70.8 Å². The highest BCUT2D eigenvalue weighted by atomic mass is 35.5. The van der Waals surface area contributed by atoms with Crippen LogP contribution < -0.4 is 10.1 Å². The maximum absolute atomic E-state index is 12.5. The zero-order valence-electron chi connectivity index (χ0n) is 20.9. The molecule has 2 saturated heterocycles. The number of benzene rings is 2. The molecule has 8 heteroatoms. The van der Waals surface area contributed by atoms with Crippen LogP contribution in [-0.2, 0) is 16.1 Å². The molecule has 4 rings (SSSR count). The van der Waals surface area contributed by atoms with Gasteiger partial charge in [0.2, 0.25) is 11.8 Å². The van der Waals surface area contributed by atoms with Gasteiger partial charge < -0.3 is 19.9 Å². The Balaban J connectivity index is 1.15. The van der Waals surface area contributed by atoms with Gasteiger partial charge in [-0.15, -0.1) is 0 Å². The average Bonchev–Trinajstić information content (AvgIpc) is 3.28. The van der Waals surface area contributed by atoms with Crippen LogP contribution in [-0.4, -0.2) is 85.5 Å². The summed E-state index contributed by atoms with van der Waals surface area (Å²) < 4.78 is 6.03. The van der Waals surface area contributed by atoms with Crippen LogP contribution in [0.25, 0.3) is 6.08 Å². The molecule has 1 N–H and O–H groups in total. The third kappa shape index (κ3) is 7.82. The van der Waals surface area contributed by atoms with E-state index in [0.29, 0.717) is 31.1 Å². The van der Waals surface area contributed by atoms with Crippen molar-refractivity contribution in [1.82, 2.24) is 20.0 Å². The number of amides is 2. The van der Waals surface area contributed by atoms with Gasteiger partial charge >= 0.3 is 0 Å². The number of likely N-dealkylation sites (N-methyl/N-ethyl adjacent to an activating group) is 1. The predicted octanol–water partition coefficient (Wildman–Crippen LogP) is 3.29. The Bertz CT molecular complexity index is 1070. The van der Waals surface area contributed by atoms with E-state index in [9.17, 15) is 9.59 Å². The lowest BCUT2D eigenvalue weighted by Gasteiger charge is -2.34. The number of halogens is 1. The second-order valence-corrected chi connectivity index (χ2v) is 9.92.